The van der Waals surface area contributed by atoms with Crippen LogP contribution in [0.1, 0.15) is 79.3 Å². The highest BCUT2D eigenvalue weighted by Gasteiger charge is 2.32. The Balaban J connectivity index is 1.67. The van der Waals surface area contributed by atoms with Crippen molar-refractivity contribution in [3.63, 3.8) is 0 Å². The van der Waals surface area contributed by atoms with E-state index >= 15 is 0 Å². The zero-order valence-electron chi connectivity index (χ0n) is 27.3. The number of anilines is 2. The first-order valence-corrected chi connectivity index (χ1v) is 16.0. The molecule has 3 N–H and O–H groups in total. The van der Waals surface area contributed by atoms with E-state index in [1.165, 1.54) is 0 Å². The number of likely N-dealkylation sites (N-methyl/N-ethyl adjacent to an activating group) is 1. The van der Waals surface area contributed by atoms with Crippen LogP contribution in [-0.2, 0) is 32.1 Å². The van der Waals surface area contributed by atoms with Crippen molar-refractivity contribution in [3.05, 3.63) is 57.6 Å². The van der Waals surface area contributed by atoms with Crippen LogP contribution in [0, 0.1) is 27.7 Å². The van der Waals surface area contributed by atoms with Gasteiger partial charge in [-0.15, -0.1) is 0 Å². The number of nitrogens with zero attached hydrogens (tertiary/aromatic N) is 2. The summed E-state index contributed by atoms with van der Waals surface area (Å²) >= 11 is 0. The second kappa shape index (κ2) is 16.0. The van der Waals surface area contributed by atoms with Crippen molar-refractivity contribution in [1.82, 2.24) is 4.90 Å². The molecule has 1 aliphatic rings. The van der Waals surface area contributed by atoms with Crippen molar-refractivity contribution >= 4 is 29.5 Å². The zero-order valence-corrected chi connectivity index (χ0v) is 27.3. The molecule has 0 aromatic heterocycles. The van der Waals surface area contributed by atoms with Gasteiger partial charge in [-0.25, -0.2) is 0 Å². The van der Waals surface area contributed by atoms with Crippen molar-refractivity contribution in [1.29, 1.82) is 0 Å². The van der Waals surface area contributed by atoms with Gasteiger partial charge in [0.15, 0.2) is 5.78 Å². The average Bonchev–Trinajstić information content (AvgIpc) is 2.99. The normalized spacial score (nSPS) is 16.8. The maximum absolute atomic E-state index is 13.6. The molecule has 1 aliphatic heterocycles. The van der Waals surface area contributed by atoms with Crippen LogP contribution in [-0.4, -0.2) is 72.9 Å². The van der Waals surface area contributed by atoms with Crippen LogP contribution in [0.25, 0.3) is 0 Å². The third kappa shape index (κ3) is 8.89. The Morgan fingerprint density at radius 3 is 2.49 bits per heavy atom. The number of nitrogens with two attached hydrogens (primary N) is 1. The smallest absolute Gasteiger partial charge is 0.293 e. The molecule has 0 aliphatic carbocycles. The number of Topliss-reactive ketones (excluding diaryl/α,β-unsaturated/α-hetero) is 1. The van der Waals surface area contributed by atoms with Gasteiger partial charge in [0.2, 0.25) is 5.91 Å². The van der Waals surface area contributed by atoms with E-state index in [4.69, 9.17) is 10.5 Å². The van der Waals surface area contributed by atoms with Crippen LogP contribution in [0.3, 0.4) is 0 Å². The molecular weight excluding hydrogens is 540 g/mol. The topological polar surface area (TPSA) is 102 Å². The molecule has 2 aromatic carbocycles. The summed E-state index contributed by atoms with van der Waals surface area (Å²) in [5.74, 6) is 0.279. The lowest BCUT2D eigenvalue weighted by molar-refractivity contribution is -0.919. The van der Waals surface area contributed by atoms with Crippen LogP contribution in [0.4, 0.5) is 11.4 Å². The summed E-state index contributed by atoms with van der Waals surface area (Å²) in [6.45, 7) is 18.0. The summed E-state index contributed by atoms with van der Waals surface area (Å²) in [4.78, 5) is 40.1. The van der Waals surface area contributed by atoms with Gasteiger partial charge in [0, 0.05) is 30.8 Å². The van der Waals surface area contributed by atoms with Gasteiger partial charge in [-0.3, -0.25) is 19.3 Å². The Kier molecular flexibility index (Phi) is 12.8. The number of rotatable bonds is 16. The van der Waals surface area contributed by atoms with E-state index in [-0.39, 0.29) is 24.3 Å². The number of piperidine rings is 1. The second-order valence-corrected chi connectivity index (χ2v) is 12.4. The first-order chi connectivity index (χ1) is 20.6. The fourth-order valence-corrected chi connectivity index (χ4v) is 6.72. The molecule has 0 spiro atoms. The quantitative estimate of drug-likeness (QED) is 0.153. The van der Waals surface area contributed by atoms with Crippen LogP contribution >= 0.6 is 0 Å². The highest BCUT2D eigenvalue weighted by Crippen LogP contribution is 2.27. The first kappa shape index (κ1) is 34.3. The van der Waals surface area contributed by atoms with Crippen LogP contribution in [0.2, 0.25) is 0 Å². The van der Waals surface area contributed by atoms with Crippen molar-refractivity contribution < 1.29 is 23.6 Å². The minimum absolute atomic E-state index is 0.0206. The Morgan fingerprint density at radius 1 is 1.05 bits per heavy atom. The first-order valence-electron chi connectivity index (χ1n) is 16.0. The lowest BCUT2D eigenvalue weighted by atomic mass is 9.96. The summed E-state index contributed by atoms with van der Waals surface area (Å²) < 4.78 is 5.74. The summed E-state index contributed by atoms with van der Waals surface area (Å²) in [5.41, 5.74) is 13.7. The number of carbonyl (C=O) groups is 3. The number of hydrogen-bond acceptors (Lipinski definition) is 6. The predicted octanol–water partition coefficient (Wildman–Crippen LogP) is 5.42. The molecule has 3 rings (SSSR count). The molecule has 0 radical (unpaired) electrons. The number of ketones is 1. The van der Waals surface area contributed by atoms with Gasteiger partial charge in [-0.2, -0.15) is 0 Å². The molecule has 8 heteroatoms. The molecule has 1 heterocycles. The second-order valence-electron chi connectivity index (χ2n) is 12.4. The minimum Gasteiger partial charge on any atom is -0.463 e. The van der Waals surface area contributed by atoms with E-state index in [0.717, 1.165) is 114 Å². The van der Waals surface area contributed by atoms with Crippen molar-refractivity contribution in [2.24, 2.45) is 0 Å². The molecule has 0 saturated carbocycles. The van der Waals surface area contributed by atoms with E-state index in [1.807, 2.05) is 45.0 Å². The fourth-order valence-electron chi connectivity index (χ4n) is 6.72. The van der Waals surface area contributed by atoms with Gasteiger partial charge in [-0.1, -0.05) is 31.5 Å². The van der Waals surface area contributed by atoms with E-state index < -0.39 is 0 Å². The number of carbonyl (C=O) groups excluding carboxylic acids is 3. The zero-order chi connectivity index (χ0) is 31.6. The van der Waals surface area contributed by atoms with Crippen LogP contribution in [0.5, 0.6) is 0 Å². The minimum atomic E-state index is -0.187. The molecule has 1 fully saturated rings. The summed E-state index contributed by atoms with van der Waals surface area (Å²) in [6.07, 6.45) is 5.31. The lowest BCUT2D eigenvalue weighted by Gasteiger charge is -2.39. The van der Waals surface area contributed by atoms with E-state index in [2.05, 4.69) is 31.0 Å². The maximum Gasteiger partial charge on any atom is 0.293 e. The summed E-state index contributed by atoms with van der Waals surface area (Å²) in [5, 5.41) is 3.21. The summed E-state index contributed by atoms with van der Waals surface area (Å²) in [7, 11) is 0. The molecule has 8 nitrogen and oxygen atoms in total. The molecule has 236 valence electrons. The highest BCUT2D eigenvalue weighted by molar-refractivity contribution is 5.96. The maximum atomic E-state index is 13.6. The Hall–Kier alpha value is -3.23. The van der Waals surface area contributed by atoms with E-state index in [9.17, 15) is 14.4 Å². The van der Waals surface area contributed by atoms with Gasteiger partial charge < -0.3 is 20.3 Å². The SMILES string of the molecule is CCC[N+](CC)(CCCN1CCCC[C@@H]1C(=O)Nc1c(C)ccc(COC=O)c1C)CC(=O)Cc1c(C)ccc(N)c1C. The standard InChI is InChI=1S/C35H52N4O4/c1-7-19-39(8-2,22-30(41)21-31-25(3)14-16-32(36)28(31)6)20-11-18-38-17-10-9-12-33(38)35(42)37-34-26(4)13-15-29(27(34)5)23-43-24-40/h13-16,24,33H,7-12,17-23,36H2,1-6H3/p+1/t33-,39?/m1/s1. The third-order valence-electron chi connectivity index (χ3n) is 9.46. The number of nitrogen functional groups attached to an aromatic ring is 1. The van der Waals surface area contributed by atoms with Gasteiger partial charge in [-0.05, 0) is 99.9 Å². The molecule has 0 bridgehead atoms. The Labute approximate surface area is 258 Å². The monoisotopic (exact) mass is 593 g/mol. The van der Waals surface area contributed by atoms with Crippen molar-refractivity contribution in [3.8, 4) is 0 Å². The molecule has 1 saturated heterocycles. The fraction of sp³-hybridized carbons (Fsp3) is 0.571. The number of nitrogens with one attached hydrogen (secondary N) is 1. The number of benzene rings is 2. The molecule has 43 heavy (non-hydrogen) atoms. The van der Waals surface area contributed by atoms with Gasteiger partial charge in [0.25, 0.3) is 6.47 Å². The number of aryl methyl sites for hydroxylation is 2. The Morgan fingerprint density at radius 2 is 1.79 bits per heavy atom. The molecular formula is C35H53N4O4+. The number of likely N-dealkylation sites (tertiary alicyclic amines) is 1. The lowest BCUT2D eigenvalue weighted by Crippen LogP contribution is -2.54. The largest absolute Gasteiger partial charge is 0.463 e. The number of quaternary nitrogens is 1. The molecule has 1 unspecified atom stereocenters. The van der Waals surface area contributed by atoms with Gasteiger partial charge in [0.05, 0.1) is 25.7 Å². The molecule has 2 atom stereocenters. The Bertz CT molecular complexity index is 1280. The number of hydrogen-bond donors (Lipinski definition) is 2. The number of amides is 1. The third-order valence-corrected chi connectivity index (χ3v) is 9.46. The highest BCUT2D eigenvalue weighted by atomic mass is 16.5. The van der Waals surface area contributed by atoms with Crippen LogP contribution < -0.4 is 11.1 Å². The number of ether oxygens (including phenoxy) is 1. The molecule has 2 aromatic rings. The molecule has 1 amide bonds. The van der Waals surface area contributed by atoms with Crippen LogP contribution in [0.15, 0.2) is 24.3 Å². The average molecular weight is 594 g/mol. The van der Waals surface area contributed by atoms with E-state index in [1.54, 1.807) is 0 Å². The van der Waals surface area contributed by atoms with Crippen molar-refractivity contribution in [2.75, 3.05) is 50.3 Å². The predicted molar refractivity (Wildman–Crippen MR) is 174 cm³/mol. The van der Waals surface area contributed by atoms with Gasteiger partial charge in [0.1, 0.15) is 13.2 Å². The summed E-state index contributed by atoms with van der Waals surface area (Å²) in [6, 6.07) is 7.63. The van der Waals surface area contributed by atoms with E-state index in [0.29, 0.717) is 19.4 Å². The van der Waals surface area contributed by atoms with Gasteiger partial charge >= 0.3 is 0 Å². The van der Waals surface area contributed by atoms with Crippen molar-refractivity contribution in [2.45, 2.75) is 92.7 Å².